The summed E-state index contributed by atoms with van der Waals surface area (Å²) in [4.78, 5) is 19.2. The fourth-order valence-corrected chi connectivity index (χ4v) is 4.14. The van der Waals surface area contributed by atoms with Crippen molar-refractivity contribution in [2.24, 2.45) is 0 Å². The van der Waals surface area contributed by atoms with Gasteiger partial charge >= 0.3 is 0 Å². The fourth-order valence-electron chi connectivity index (χ4n) is 4.14. The molecule has 0 unspecified atom stereocenters. The van der Waals surface area contributed by atoms with E-state index in [9.17, 15) is 4.79 Å². The third-order valence-electron chi connectivity index (χ3n) is 5.96. The number of hydrogen-bond acceptors (Lipinski definition) is 2. The summed E-state index contributed by atoms with van der Waals surface area (Å²) in [6, 6.07) is 14.2. The molecule has 142 valence electrons. The first kappa shape index (κ1) is 16.9. The van der Waals surface area contributed by atoms with E-state index in [2.05, 4.69) is 33.6 Å². The van der Waals surface area contributed by atoms with Crippen molar-refractivity contribution in [2.75, 3.05) is 13.7 Å². The number of nitrogens with one attached hydrogen (secondary N) is 3. The lowest BCUT2D eigenvalue weighted by Crippen LogP contribution is -2.33. The van der Waals surface area contributed by atoms with Crippen molar-refractivity contribution in [1.29, 1.82) is 0 Å². The van der Waals surface area contributed by atoms with Crippen LogP contribution in [-0.4, -0.2) is 29.5 Å². The normalized spacial score (nSPS) is 15.0. The van der Waals surface area contributed by atoms with E-state index in [1.165, 1.54) is 10.9 Å². The van der Waals surface area contributed by atoms with Crippen LogP contribution in [0.15, 0.2) is 54.9 Å². The summed E-state index contributed by atoms with van der Waals surface area (Å²) in [7, 11) is 1.69. The molecule has 5 rings (SSSR count). The minimum Gasteiger partial charge on any atom is -0.497 e. The first-order chi connectivity index (χ1) is 13.7. The van der Waals surface area contributed by atoms with E-state index < -0.39 is 0 Å². The highest BCUT2D eigenvalue weighted by Crippen LogP contribution is 2.50. The second-order valence-electron chi connectivity index (χ2n) is 7.71. The van der Waals surface area contributed by atoms with Crippen LogP contribution < -0.4 is 10.1 Å². The molecular formula is C23H23N3O2. The van der Waals surface area contributed by atoms with Gasteiger partial charge in [0.1, 0.15) is 5.75 Å². The number of aromatic nitrogens is 2. The zero-order valence-electron chi connectivity index (χ0n) is 15.8. The van der Waals surface area contributed by atoms with Crippen molar-refractivity contribution < 1.29 is 9.53 Å². The van der Waals surface area contributed by atoms with Gasteiger partial charge in [-0.05, 0) is 48.2 Å². The smallest absolute Gasteiger partial charge is 0.224 e. The summed E-state index contributed by atoms with van der Waals surface area (Å²) >= 11 is 0. The van der Waals surface area contributed by atoms with Gasteiger partial charge in [0.2, 0.25) is 5.91 Å². The summed E-state index contributed by atoms with van der Waals surface area (Å²) in [5.74, 6) is 0.918. The predicted molar refractivity (Wildman–Crippen MR) is 111 cm³/mol. The SMILES string of the molecule is COc1ccc2[nH]cc(C3(CNC(=O)Cc4c[nH]c5ccccc45)CC3)c2c1. The van der Waals surface area contributed by atoms with Crippen molar-refractivity contribution in [1.82, 2.24) is 15.3 Å². The van der Waals surface area contributed by atoms with Gasteiger partial charge in [0.05, 0.1) is 13.5 Å². The summed E-state index contributed by atoms with van der Waals surface area (Å²) in [6.45, 7) is 0.665. The molecule has 0 radical (unpaired) electrons. The molecule has 3 N–H and O–H groups in total. The van der Waals surface area contributed by atoms with Gasteiger partial charge in [-0.3, -0.25) is 4.79 Å². The molecule has 1 aliphatic rings. The number of amides is 1. The molecule has 2 aromatic heterocycles. The number of hydrogen-bond donors (Lipinski definition) is 3. The Labute approximate surface area is 163 Å². The number of carbonyl (C=O) groups is 1. The number of carbonyl (C=O) groups excluding carboxylic acids is 1. The maximum Gasteiger partial charge on any atom is 0.224 e. The molecular weight excluding hydrogens is 350 g/mol. The number of aromatic amines is 2. The number of benzene rings is 2. The summed E-state index contributed by atoms with van der Waals surface area (Å²) in [5.41, 5.74) is 4.51. The Kier molecular flexibility index (Phi) is 3.90. The molecule has 28 heavy (non-hydrogen) atoms. The molecule has 1 fully saturated rings. The van der Waals surface area contributed by atoms with Gasteiger partial charge in [-0.25, -0.2) is 0 Å². The molecule has 0 spiro atoms. The first-order valence-electron chi connectivity index (χ1n) is 9.66. The molecule has 2 heterocycles. The Morgan fingerprint density at radius 2 is 1.86 bits per heavy atom. The molecule has 1 saturated carbocycles. The first-order valence-corrected chi connectivity index (χ1v) is 9.66. The van der Waals surface area contributed by atoms with Gasteiger partial charge in [0.15, 0.2) is 0 Å². The molecule has 4 aromatic rings. The van der Waals surface area contributed by atoms with Crippen molar-refractivity contribution >= 4 is 27.7 Å². The van der Waals surface area contributed by atoms with Crippen molar-refractivity contribution in [3.63, 3.8) is 0 Å². The molecule has 1 amide bonds. The van der Waals surface area contributed by atoms with E-state index in [0.717, 1.165) is 40.6 Å². The molecule has 0 aliphatic heterocycles. The van der Waals surface area contributed by atoms with Gasteiger partial charge in [-0.2, -0.15) is 0 Å². The van der Waals surface area contributed by atoms with Crippen LogP contribution in [0.1, 0.15) is 24.0 Å². The monoisotopic (exact) mass is 373 g/mol. The van der Waals surface area contributed by atoms with Crippen LogP contribution in [0.2, 0.25) is 0 Å². The zero-order chi connectivity index (χ0) is 19.1. The van der Waals surface area contributed by atoms with Gasteiger partial charge in [0, 0.05) is 46.2 Å². The van der Waals surface area contributed by atoms with Gasteiger partial charge in [-0.1, -0.05) is 18.2 Å². The van der Waals surface area contributed by atoms with Crippen LogP contribution in [0.3, 0.4) is 0 Å². The average molecular weight is 373 g/mol. The van der Waals surface area contributed by atoms with Gasteiger partial charge in [0.25, 0.3) is 0 Å². The van der Waals surface area contributed by atoms with Crippen LogP contribution in [-0.2, 0) is 16.6 Å². The van der Waals surface area contributed by atoms with Crippen LogP contribution in [0.4, 0.5) is 0 Å². The third-order valence-corrected chi connectivity index (χ3v) is 5.96. The number of methoxy groups -OCH3 is 1. The number of rotatable bonds is 6. The second-order valence-corrected chi connectivity index (χ2v) is 7.71. The minimum absolute atomic E-state index is 0.0283. The van der Waals surface area contributed by atoms with E-state index in [-0.39, 0.29) is 11.3 Å². The highest BCUT2D eigenvalue weighted by Gasteiger charge is 2.45. The summed E-state index contributed by atoms with van der Waals surface area (Å²) < 4.78 is 5.39. The lowest BCUT2D eigenvalue weighted by molar-refractivity contribution is -0.120. The van der Waals surface area contributed by atoms with Crippen LogP contribution >= 0.6 is 0 Å². The van der Waals surface area contributed by atoms with Crippen molar-refractivity contribution in [3.8, 4) is 5.75 Å². The average Bonchev–Trinajstić information content (AvgIpc) is 3.21. The topological polar surface area (TPSA) is 69.9 Å². The van der Waals surface area contributed by atoms with Crippen LogP contribution in [0.25, 0.3) is 21.8 Å². The quantitative estimate of drug-likeness (QED) is 0.477. The lowest BCUT2D eigenvalue weighted by Gasteiger charge is -2.16. The largest absolute Gasteiger partial charge is 0.497 e. The summed E-state index contributed by atoms with van der Waals surface area (Å²) in [5, 5.41) is 5.47. The Morgan fingerprint density at radius 3 is 2.68 bits per heavy atom. The Morgan fingerprint density at radius 1 is 1.07 bits per heavy atom. The third kappa shape index (κ3) is 2.83. The minimum atomic E-state index is 0.0283. The van der Waals surface area contributed by atoms with E-state index in [0.29, 0.717) is 13.0 Å². The van der Waals surface area contributed by atoms with E-state index >= 15 is 0 Å². The number of para-hydroxylation sites is 1. The standard InChI is InChI=1S/C23H23N3O2/c1-28-16-6-7-21-18(11-16)19(13-25-21)23(8-9-23)14-26-22(27)10-15-12-24-20-5-3-2-4-17(15)20/h2-7,11-13,24-25H,8-10,14H2,1H3,(H,26,27). The maximum absolute atomic E-state index is 12.6. The Balaban J connectivity index is 1.32. The Bertz CT molecular complexity index is 1170. The summed E-state index contributed by atoms with van der Waals surface area (Å²) in [6.07, 6.45) is 6.59. The predicted octanol–water partition coefficient (Wildman–Crippen LogP) is 4.05. The lowest BCUT2D eigenvalue weighted by atomic mass is 9.95. The highest BCUT2D eigenvalue weighted by molar-refractivity contribution is 5.89. The molecule has 0 saturated heterocycles. The van der Waals surface area contributed by atoms with Crippen molar-refractivity contribution in [2.45, 2.75) is 24.7 Å². The number of ether oxygens (including phenoxy) is 1. The number of H-pyrrole nitrogens is 2. The van der Waals surface area contributed by atoms with Crippen LogP contribution in [0.5, 0.6) is 5.75 Å². The molecule has 0 atom stereocenters. The van der Waals surface area contributed by atoms with Gasteiger partial charge in [-0.15, -0.1) is 0 Å². The van der Waals surface area contributed by atoms with Crippen molar-refractivity contribution in [3.05, 3.63) is 66.0 Å². The van der Waals surface area contributed by atoms with E-state index in [1.807, 2.05) is 36.5 Å². The molecule has 1 aliphatic carbocycles. The highest BCUT2D eigenvalue weighted by atomic mass is 16.5. The molecule has 5 nitrogen and oxygen atoms in total. The zero-order valence-corrected chi connectivity index (χ0v) is 15.8. The van der Waals surface area contributed by atoms with E-state index in [4.69, 9.17) is 4.74 Å². The molecule has 5 heteroatoms. The molecule has 2 aromatic carbocycles. The molecule has 0 bridgehead atoms. The number of fused-ring (bicyclic) bond motifs is 2. The van der Waals surface area contributed by atoms with E-state index in [1.54, 1.807) is 7.11 Å². The van der Waals surface area contributed by atoms with Gasteiger partial charge < -0.3 is 20.0 Å². The second kappa shape index (κ2) is 6.44. The Hall–Kier alpha value is -3.21. The maximum atomic E-state index is 12.6. The van der Waals surface area contributed by atoms with Crippen LogP contribution in [0, 0.1) is 0 Å². The fraction of sp³-hybridized carbons (Fsp3) is 0.261.